The van der Waals surface area contributed by atoms with Gasteiger partial charge in [0, 0.05) is 16.8 Å². The molecule has 4 fully saturated rings. The molecule has 0 N–H and O–H groups in total. The van der Waals surface area contributed by atoms with Gasteiger partial charge in [-0.1, -0.05) is 140 Å². The molecule has 0 aromatic heterocycles. The Morgan fingerprint density at radius 3 is 1.31 bits per heavy atom. The molecular weight excluding hydrogens is 615 g/mol. The van der Waals surface area contributed by atoms with Gasteiger partial charge >= 0.3 is 0 Å². The van der Waals surface area contributed by atoms with Gasteiger partial charge in [-0.2, -0.15) is 0 Å². The molecule has 0 radical (unpaired) electrons. The highest BCUT2D eigenvalue weighted by Gasteiger charge is 2.51. The number of fused-ring (bicyclic) bond motifs is 1. The van der Waals surface area contributed by atoms with Gasteiger partial charge < -0.3 is 4.90 Å². The van der Waals surface area contributed by atoms with Crippen molar-refractivity contribution in [1.29, 1.82) is 0 Å². The molecule has 0 atom stereocenters. The molecule has 4 bridgehead atoms. The quantitative estimate of drug-likeness (QED) is 0.165. The molecule has 0 heterocycles. The van der Waals surface area contributed by atoms with E-state index in [9.17, 15) is 0 Å². The third-order valence-electron chi connectivity index (χ3n) is 12.5. The van der Waals surface area contributed by atoms with E-state index in [0.717, 1.165) is 29.1 Å². The van der Waals surface area contributed by atoms with Crippen LogP contribution < -0.4 is 4.90 Å². The van der Waals surface area contributed by atoms with E-state index in [2.05, 4.69) is 175 Å². The van der Waals surface area contributed by atoms with Crippen LogP contribution in [0.4, 0.5) is 17.1 Å². The summed E-state index contributed by atoms with van der Waals surface area (Å²) in [4.78, 5) is 2.41. The molecule has 1 nitrogen and oxygen atoms in total. The highest BCUT2D eigenvalue weighted by atomic mass is 15.1. The molecule has 0 unspecified atom stereocenters. The Morgan fingerprint density at radius 2 is 0.784 bits per heavy atom. The summed E-state index contributed by atoms with van der Waals surface area (Å²) in [7, 11) is 0. The van der Waals surface area contributed by atoms with E-state index in [1.54, 1.807) is 5.56 Å². The summed E-state index contributed by atoms with van der Waals surface area (Å²) < 4.78 is 0. The van der Waals surface area contributed by atoms with Crippen LogP contribution in [0.3, 0.4) is 0 Å². The summed E-state index contributed by atoms with van der Waals surface area (Å²) in [5.41, 5.74) is 13.0. The lowest BCUT2D eigenvalue weighted by Crippen LogP contribution is -2.48. The van der Waals surface area contributed by atoms with E-state index in [-0.39, 0.29) is 0 Å². The number of nitrogens with zero attached hydrogens (tertiary/aromatic N) is 1. The minimum absolute atomic E-state index is 0.442. The summed E-state index contributed by atoms with van der Waals surface area (Å²) in [6.45, 7) is 0. The minimum atomic E-state index is 0.442. The fourth-order valence-corrected chi connectivity index (χ4v) is 10.4. The molecule has 1 heteroatoms. The number of hydrogen-bond donors (Lipinski definition) is 0. The fraction of sp³-hybridized carbons (Fsp3) is 0.200. The molecule has 7 aromatic rings. The van der Waals surface area contributed by atoms with Gasteiger partial charge in [-0.3, -0.25) is 0 Å². The topological polar surface area (TPSA) is 3.24 Å². The van der Waals surface area contributed by atoms with Gasteiger partial charge in [-0.05, 0) is 136 Å². The van der Waals surface area contributed by atoms with Crippen LogP contribution in [0, 0.1) is 17.8 Å². The normalized spacial score (nSPS) is 21.9. The lowest BCUT2D eigenvalue weighted by molar-refractivity contribution is -0.00518. The third kappa shape index (κ3) is 5.56. The summed E-state index contributed by atoms with van der Waals surface area (Å²) in [5, 5.41) is 2.48. The first kappa shape index (κ1) is 30.4. The molecule has 51 heavy (non-hydrogen) atoms. The van der Waals surface area contributed by atoms with Crippen molar-refractivity contribution in [2.75, 3.05) is 4.90 Å². The van der Waals surface area contributed by atoms with Gasteiger partial charge in [-0.15, -0.1) is 0 Å². The second-order valence-corrected chi connectivity index (χ2v) is 15.6. The first-order chi connectivity index (χ1) is 25.2. The highest BCUT2D eigenvalue weighted by Crippen LogP contribution is 2.60. The molecule has 0 aliphatic heterocycles. The molecule has 0 saturated heterocycles. The Morgan fingerprint density at radius 1 is 0.373 bits per heavy atom. The van der Waals surface area contributed by atoms with Crippen molar-refractivity contribution < 1.29 is 0 Å². The summed E-state index contributed by atoms with van der Waals surface area (Å²) >= 11 is 0. The number of anilines is 3. The summed E-state index contributed by atoms with van der Waals surface area (Å²) in [6.07, 6.45) is 8.72. The largest absolute Gasteiger partial charge is 0.310 e. The number of hydrogen-bond acceptors (Lipinski definition) is 1. The van der Waals surface area contributed by atoms with Crippen LogP contribution in [0.25, 0.3) is 44.2 Å². The molecule has 248 valence electrons. The summed E-state index contributed by atoms with van der Waals surface area (Å²) in [5.74, 6) is 2.91. The Labute approximate surface area is 302 Å². The predicted octanol–water partition coefficient (Wildman–Crippen LogP) is 13.8. The molecule has 11 rings (SSSR count). The SMILES string of the molecule is c1ccc(-c2ccc(-c3ccc(N(c4ccc(-c5ccc(C67CC8CC(CC(C8)C6)C7)cc5)cc4)c4cccc5ccccc45)cc3)cc2)cc1. The van der Waals surface area contributed by atoms with E-state index < -0.39 is 0 Å². The Hall–Kier alpha value is -5.40. The zero-order valence-corrected chi connectivity index (χ0v) is 29.1. The molecular formula is C50H43N. The monoisotopic (exact) mass is 657 g/mol. The predicted molar refractivity (Wildman–Crippen MR) is 215 cm³/mol. The highest BCUT2D eigenvalue weighted by molar-refractivity contribution is 5.99. The molecule has 4 aliphatic carbocycles. The van der Waals surface area contributed by atoms with Gasteiger partial charge in [0.25, 0.3) is 0 Å². The third-order valence-corrected chi connectivity index (χ3v) is 12.5. The van der Waals surface area contributed by atoms with Crippen molar-refractivity contribution in [1.82, 2.24) is 0 Å². The van der Waals surface area contributed by atoms with Crippen LogP contribution in [0.15, 0.2) is 170 Å². The first-order valence-corrected chi connectivity index (χ1v) is 18.9. The fourth-order valence-electron chi connectivity index (χ4n) is 10.4. The van der Waals surface area contributed by atoms with Crippen molar-refractivity contribution in [3.8, 4) is 33.4 Å². The lowest BCUT2D eigenvalue weighted by Gasteiger charge is -2.57. The minimum Gasteiger partial charge on any atom is -0.310 e. The number of rotatable bonds is 7. The van der Waals surface area contributed by atoms with Crippen LogP contribution in [0.2, 0.25) is 0 Å². The van der Waals surface area contributed by atoms with Crippen LogP contribution in [0.5, 0.6) is 0 Å². The standard InChI is InChI=1S/C50H43N/c1-2-7-38(8-3-1)39-13-15-40(16-14-39)42-19-25-46(26-20-42)51(49-12-6-10-44-9-4-5-11-48(44)49)47-27-21-43(22-28-47)41-17-23-45(24-18-41)50-32-35-29-36(33-50)31-37(30-35)34-50/h1-28,35-37H,29-34H2. The van der Waals surface area contributed by atoms with Gasteiger partial charge in [0.05, 0.1) is 5.69 Å². The zero-order chi connectivity index (χ0) is 33.8. The second kappa shape index (κ2) is 12.4. The van der Waals surface area contributed by atoms with Crippen molar-refractivity contribution >= 4 is 27.8 Å². The maximum absolute atomic E-state index is 2.47. The van der Waals surface area contributed by atoms with E-state index in [0.29, 0.717) is 5.41 Å². The zero-order valence-electron chi connectivity index (χ0n) is 29.1. The summed E-state index contributed by atoms with van der Waals surface area (Å²) in [6, 6.07) is 62.7. The van der Waals surface area contributed by atoms with Gasteiger partial charge in [-0.25, -0.2) is 0 Å². The Bertz CT molecular complexity index is 2260. The molecule has 7 aromatic carbocycles. The van der Waals surface area contributed by atoms with Crippen LogP contribution in [-0.4, -0.2) is 0 Å². The molecule has 0 amide bonds. The van der Waals surface area contributed by atoms with Crippen LogP contribution >= 0.6 is 0 Å². The molecule has 0 spiro atoms. The van der Waals surface area contributed by atoms with Crippen molar-refractivity contribution in [2.24, 2.45) is 17.8 Å². The average Bonchev–Trinajstić information content (AvgIpc) is 3.19. The van der Waals surface area contributed by atoms with E-state index in [1.165, 1.54) is 88.4 Å². The maximum atomic E-state index is 2.47. The smallest absolute Gasteiger partial charge is 0.0540 e. The average molecular weight is 658 g/mol. The van der Waals surface area contributed by atoms with E-state index >= 15 is 0 Å². The van der Waals surface area contributed by atoms with Crippen LogP contribution in [-0.2, 0) is 5.41 Å². The Balaban J connectivity index is 0.962. The van der Waals surface area contributed by atoms with Gasteiger partial charge in [0.1, 0.15) is 0 Å². The van der Waals surface area contributed by atoms with Crippen LogP contribution in [0.1, 0.15) is 44.1 Å². The van der Waals surface area contributed by atoms with Crippen molar-refractivity contribution in [3.63, 3.8) is 0 Å². The first-order valence-electron chi connectivity index (χ1n) is 18.9. The molecule has 4 aliphatic rings. The van der Waals surface area contributed by atoms with Gasteiger partial charge in [0.15, 0.2) is 0 Å². The lowest BCUT2D eigenvalue weighted by atomic mass is 9.48. The van der Waals surface area contributed by atoms with E-state index in [4.69, 9.17) is 0 Å². The van der Waals surface area contributed by atoms with E-state index in [1.807, 2.05) is 0 Å². The second-order valence-electron chi connectivity index (χ2n) is 15.6. The maximum Gasteiger partial charge on any atom is 0.0540 e. The van der Waals surface area contributed by atoms with Gasteiger partial charge in [0.2, 0.25) is 0 Å². The molecule has 4 saturated carbocycles. The number of benzene rings is 7. The van der Waals surface area contributed by atoms with Crippen molar-refractivity contribution in [2.45, 2.75) is 43.9 Å². The van der Waals surface area contributed by atoms with Crippen molar-refractivity contribution in [3.05, 3.63) is 175 Å². The Kier molecular flexibility index (Phi) is 7.41.